The molecule has 0 spiro atoms. The number of rotatable bonds is 3. The number of nitrogens with one attached hydrogen (secondary N) is 1. The lowest BCUT2D eigenvalue weighted by Gasteiger charge is -2.23. The molecule has 0 aliphatic heterocycles. The van der Waals surface area contributed by atoms with Gasteiger partial charge in [-0.05, 0) is 45.9 Å². The van der Waals surface area contributed by atoms with Crippen LogP contribution in [0, 0.1) is 5.82 Å². The van der Waals surface area contributed by atoms with Crippen LogP contribution >= 0.6 is 0 Å². The number of hydrogen-bond acceptors (Lipinski definition) is 3. The fourth-order valence-electron chi connectivity index (χ4n) is 1.44. The van der Waals surface area contributed by atoms with Crippen molar-refractivity contribution in [2.75, 3.05) is 5.73 Å². The number of nitrogens with two attached hydrogens (primary N) is 1. The number of anilines is 1. The number of carbonyl (C=O) groups excluding carboxylic acids is 1. The zero-order valence-corrected chi connectivity index (χ0v) is 12.3. The van der Waals surface area contributed by atoms with Crippen molar-refractivity contribution < 1.29 is 13.4 Å². The van der Waals surface area contributed by atoms with Gasteiger partial charge in [-0.1, -0.05) is 0 Å². The van der Waals surface area contributed by atoms with Crippen molar-refractivity contribution in [3.63, 3.8) is 0 Å². The van der Waals surface area contributed by atoms with E-state index in [1.807, 2.05) is 20.8 Å². The molecular formula is C13H19FN2O2S. The summed E-state index contributed by atoms with van der Waals surface area (Å²) in [5, 5.41) is 1.89. The highest BCUT2D eigenvalue weighted by Gasteiger charge is 2.26. The molecule has 3 N–H and O–H groups in total. The van der Waals surface area contributed by atoms with Crippen LogP contribution in [0.2, 0.25) is 0 Å². The second-order valence-corrected chi connectivity index (χ2v) is 7.11. The van der Waals surface area contributed by atoms with Crippen molar-refractivity contribution in [2.45, 2.75) is 43.4 Å². The van der Waals surface area contributed by atoms with Crippen molar-refractivity contribution >= 4 is 22.4 Å². The third kappa shape index (κ3) is 4.31. The van der Waals surface area contributed by atoms with Gasteiger partial charge in [-0.25, -0.2) is 4.39 Å². The monoisotopic (exact) mass is 286 g/mol. The first-order chi connectivity index (χ1) is 8.61. The Morgan fingerprint density at radius 2 is 2.00 bits per heavy atom. The number of amides is 1. The maximum atomic E-state index is 13.7. The topological polar surface area (TPSA) is 72.2 Å². The average Bonchev–Trinajstić information content (AvgIpc) is 2.24. The normalized spacial score (nSPS) is 14.8. The lowest BCUT2D eigenvalue weighted by atomic mass is 10.1. The molecule has 0 saturated carbocycles. The number of carbonyl (C=O) groups is 1. The van der Waals surface area contributed by atoms with Gasteiger partial charge in [0.05, 0.1) is 15.7 Å². The molecule has 0 aliphatic rings. The average molecular weight is 286 g/mol. The molecular weight excluding hydrogens is 267 g/mol. The van der Waals surface area contributed by atoms with E-state index in [4.69, 9.17) is 5.73 Å². The first-order valence-electron chi connectivity index (χ1n) is 5.89. The van der Waals surface area contributed by atoms with Gasteiger partial charge in [0.15, 0.2) is 0 Å². The second kappa shape index (κ2) is 5.69. The molecule has 4 nitrogen and oxygen atoms in total. The minimum absolute atomic E-state index is 0.00856. The van der Waals surface area contributed by atoms with E-state index in [9.17, 15) is 13.4 Å². The molecule has 1 aromatic carbocycles. The Kier molecular flexibility index (Phi) is 4.68. The molecule has 1 amide bonds. The van der Waals surface area contributed by atoms with Crippen LogP contribution in [0.1, 0.15) is 27.7 Å². The summed E-state index contributed by atoms with van der Waals surface area (Å²) in [5.41, 5.74) is 5.26. The highest BCUT2D eigenvalue weighted by Crippen LogP contribution is 2.19. The van der Waals surface area contributed by atoms with Gasteiger partial charge >= 0.3 is 0 Å². The van der Waals surface area contributed by atoms with Crippen LogP contribution < -0.4 is 11.1 Å². The highest BCUT2D eigenvalue weighted by molar-refractivity contribution is 7.86. The SMILES string of the molecule is CC(C(=O)NC(C)(C)C)S(=O)c1ccc(N)cc1F. The molecule has 6 heteroatoms. The minimum atomic E-state index is -1.76. The van der Waals surface area contributed by atoms with Crippen LogP contribution in [0.25, 0.3) is 0 Å². The van der Waals surface area contributed by atoms with Crippen LogP contribution in [-0.4, -0.2) is 20.9 Å². The Morgan fingerprint density at radius 1 is 1.42 bits per heavy atom. The summed E-state index contributed by atoms with van der Waals surface area (Å²) in [5.74, 6) is -1.03. The predicted octanol–water partition coefficient (Wildman–Crippen LogP) is 1.82. The van der Waals surface area contributed by atoms with Crippen molar-refractivity contribution in [3.05, 3.63) is 24.0 Å². The quantitative estimate of drug-likeness (QED) is 0.833. The van der Waals surface area contributed by atoms with Crippen LogP contribution in [-0.2, 0) is 15.6 Å². The molecule has 0 aromatic heterocycles. The molecule has 2 atom stereocenters. The Labute approximate surface area is 115 Å². The Hall–Kier alpha value is -1.43. The lowest BCUT2D eigenvalue weighted by molar-refractivity contribution is -0.121. The van der Waals surface area contributed by atoms with Crippen LogP contribution in [0.15, 0.2) is 23.1 Å². The lowest BCUT2D eigenvalue weighted by Crippen LogP contribution is -2.46. The van der Waals surface area contributed by atoms with Gasteiger partial charge in [0, 0.05) is 11.2 Å². The molecule has 1 rings (SSSR count). The van der Waals surface area contributed by atoms with Gasteiger partial charge in [-0.15, -0.1) is 0 Å². The first kappa shape index (κ1) is 15.6. The fraction of sp³-hybridized carbons (Fsp3) is 0.462. The Bertz CT molecular complexity index is 512. The van der Waals surface area contributed by atoms with Gasteiger partial charge < -0.3 is 11.1 Å². The highest BCUT2D eigenvalue weighted by atomic mass is 32.2. The largest absolute Gasteiger partial charge is 0.399 e. The predicted molar refractivity (Wildman–Crippen MR) is 74.6 cm³/mol. The summed E-state index contributed by atoms with van der Waals surface area (Å²) in [6, 6.07) is 3.91. The minimum Gasteiger partial charge on any atom is -0.399 e. The van der Waals surface area contributed by atoms with Crippen molar-refractivity contribution in [3.8, 4) is 0 Å². The molecule has 0 radical (unpaired) electrons. The van der Waals surface area contributed by atoms with Gasteiger partial charge in [-0.2, -0.15) is 0 Å². The van der Waals surface area contributed by atoms with Crippen molar-refractivity contribution in [2.24, 2.45) is 0 Å². The standard InChI is InChI=1S/C13H19FN2O2S/c1-8(12(17)16-13(2,3)4)19(18)11-6-5-9(15)7-10(11)14/h5-8H,15H2,1-4H3,(H,16,17). The van der Waals surface area contributed by atoms with E-state index < -0.39 is 27.4 Å². The number of hydrogen-bond donors (Lipinski definition) is 2. The maximum Gasteiger partial charge on any atom is 0.236 e. The van der Waals surface area contributed by atoms with Crippen LogP contribution in [0.5, 0.6) is 0 Å². The smallest absolute Gasteiger partial charge is 0.236 e. The third-order valence-electron chi connectivity index (χ3n) is 2.36. The zero-order chi connectivity index (χ0) is 14.8. The van der Waals surface area contributed by atoms with E-state index in [1.54, 1.807) is 0 Å². The molecule has 1 aromatic rings. The van der Waals surface area contributed by atoms with E-state index in [2.05, 4.69) is 5.32 Å². The van der Waals surface area contributed by atoms with E-state index in [0.29, 0.717) is 0 Å². The molecule has 0 bridgehead atoms. The van der Waals surface area contributed by atoms with E-state index in [0.717, 1.165) is 6.07 Å². The van der Waals surface area contributed by atoms with Crippen LogP contribution in [0.3, 0.4) is 0 Å². The van der Waals surface area contributed by atoms with Gasteiger partial charge in [0.2, 0.25) is 5.91 Å². The molecule has 106 valence electrons. The fourth-order valence-corrected chi connectivity index (χ4v) is 2.53. The summed E-state index contributed by atoms with van der Waals surface area (Å²) >= 11 is 0. The van der Waals surface area contributed by atoms with Gasteiger partial charge in [-0.3, -0.25) is 9.00 Å². The number of benzene rings is 1. The summed E-state index contributed by atoms with van der Waals surface area (Å²) in [4.78, 5) is 11.9. The van der Waals surface area contributed by atoms with E-state index in [1.165, 1.54) is 19.1 Å². The van der Waals surface area contributed by atoms with E-state index in [-0.39, 0.29) is 16.5 Å². The van der Waals surface area contributed by atoms with Crippen molar-refractivity contribution in [1.29, 1.82) is 0 Å². The first-order valence-corrected chi connectivity index (χ1v) is 7.11. The molecule has 0 aliphatic carbocycles. The van der Waals surface area contributed by atoms with Gasteiger partial charge in [0.1, 0.15) is 11.1 Å². The Balaban J connectivity index is 2.91. The molecule has 0 saturated heterocycles. The molecule has 0 heterocycles. The molecule has 0 fully saturated rings. The van der Waals surface area contributed by atoms with Crippen molar-refractivity contribution in [1.82, 2.24) is 5.32 Å². The third-order valence-corrected chi connectivity index (χ3v) is 3.98. The number of nitrogen functional groups attached to an aromatic ring is 1. The molecule has 2 unspecified atom stereocenters. The zero-order valence-electron chi connectivity index (χ0n) is 11.5. The summed E-state index contributed by atoms with van der Waals surface area (Å²) in [7, 11) is -1.76. The summed E-state index contributed by atoms with van der Waals surface area (Å²) < 4.78 is 25.8. The second-order valence-electron chi connectivity index (χ2n) is 5.37. The summed E-state index contributed by atoms with van der Waals surface area (Å²) in [6.07, 6.45) is 0. The number of halogens is 1. The Morgan fingerprint density at radius 3 is 2.47 bits per heavy atom. The van der Waals surface area contributed by atoms with Gasteiger partial charge in [0.25, 0.3) is 0 Å². The maximum absolute atomic E-state index is 13.7. The summed E-state index contributed by atoms with van der Waals surface area (Å²) in [6.45, 7) is 6.98. The van der Waals surface area contributed by atoms with E-state index >= 15 is 0 Å². The molecule has 19 heavy (non-hydrogen) atoms. The van der Waals surface area contributed by atoms with Crippen LogP contribution in [0.4, 0.5) is 10.1 Å².